The summed E-state index contributed by atoms with van der Waals surface area (Å²) >= 11 is 0. The second-order valence-electron chi connectivity index (χ2n) is 6.77. The number of benzene rings is 1. The fourth-order valence-corrected chi connectivity index (χ4v) is 4.49. The fraction of sp³-hybridized carbons (Fsp3) is 0.421. The average molecular weight is 388 g/mol. The van der Waals surface area contributed by atoms with Crippen molar-refractivity contribution in [1.82, 2.24) is 19.6 Å². The van der Waals surface area contributed by atoms with Crippen molar-refractivity contribution in [3.05, 3.63) is 59.2 Å². The molecule has 1 aromatic carbocycles. The minimum atomic E-state index is -3.39. The summed E-state index contributed by atoms with van der Waals surface area (Å²) in [4.78, 5) is 21.4. The lowest BCUT2D eigenvalue weighted by atomic mass is 9.98. The molecule has 2 aromatic rings. The van der Waals surface area contributed by atoms with E-state index in [1.165, 1.54) is 16.8 Å². The molecule has 0 aliphatic carbocycles. The summed E-state index contributed by atoms with van der Waals surface area (Å²) in [5.74, 6) is 0.219. The second kappa shape index (κ2) is 8.14. The maximum atomic E-state index is 12.8. The third kappa shape index (κ3) is 4.70. The predicted molar refractivity (Wildman–Crippen MR) is 103 cm³/mol. The summed E-state index contributed by atoms with van der Waals surface area (Å²) in [7, 11) is -3.39. The molecule has 144 valence electrons. The lowest BCUT2D eigenvalue weighted by Gasteiger charge is -2.34. The first-order chi connectivity index (χ1) is 12.9. The smallest absolute Gasteiger partial charge is 0.255 e. The molecule has 7 nitrogen and oxygen atoms in total. The third-order valence-corrected chi connectivity index (χ3v) is 5.96. The molecule has 1 aliphatic rings. The van der Waals surface area contributed by atoms with Crippen LogP contribution in [0.25, 0.3) is 0 Å². The Morgan fingerprint density at radius 1 is 1.26 bits per heavy atom. The molecule has 0 radical (unpaired) electrons. The van der Waals surface area contributed by atoms with Crippen LogP contribution in [0, 0.1) is 6.92 Å². The van der Waals surface area contributed by atoms with E-state index < -0.39 is 16.1 Å². The van der Waals surface area contributed by atoms with Crippen molar-refractivity contribution in [1.29, 1.82) is 0 Å². The fourth-order valence-electron chi connectivity index (χ4n) is 3.37. The molecule has 0 saturated carbocycles. The first-order valence-corrected chi connectivity index (χ1v) is 10.8. The van der Waals surface area contributed by atoms with Crippen LogP contribution in [0.5, 0.6) is 0 Å². The van der Waals surface area contributed by atoms with Crippen molar-refractivity contribution in [2.45, 2.75) is 38.8 Å². The number of rotatable bonds is 5. The van der Waals surface area contributed by atoms with Crippen LogP contribution < -0.4 is 5.32 Å². The molecule has 3 rings (SSSR count). The monoisotopic (exact) mass is 388 g/mol. The number of carbonyl (C=O) groups is 1. The van der Waals surface area contributed by atoms with Gasteiger partial charge in [0.2, 0.25) is 10.0 Å². The highest BCUT2D eigenvalue weighted by molar-refractivity contribution is 7.88. The van der Waals surface area contributed by atoms with E-state index in [4.69, 9.17) is 0 Å². The van der Waals surface area contributed by atoms with Gasteiger partial charge in [-0.25, -0.2) is 18.4 Å². The Bertz CT molecular complexity index is 916. The van der Waals surface area contributed by atoms with E-state index >= 15 is 0 Å². The number of aromatic nitrogens is 2. The van der Waals surface area contributed by atoms with Crippen molar-refractivity contribution >= 4 is 15.9 Å². The topological polar surface area (TPSA) is 92.3 Å². The van der Waals surface area contributed by atoms with Gasteiger partial charge in [-0.05, 0) is 25.3 Å². The largest absolute Gasteiger partial charge is 0.348 e. The number of piperidine rings is 1. The summed E-state index contributed by atoms with van der Waals surface area (Å²) in [5.41, 5.74) is 1.80. The van der Waals surface area contributed by atoms with Crippen molar-refractivity contribution in [2.24, 2.45) is 0 Å². The van der Waals surface area contributed by atoms with Crippen LogP contribution in [0.1, 0.15) is 52.7 Å². The molecule has 1 aliphatic heterocycles. The summed E-state index contributed by atoms with van der Waals surface area (Å²) in [6, 6.07) is 9.16. The SMILES string of the molecule is Cc1ncc(C(=O)NCc2ccccc2)c([C@@H]2CCCCN2S(C)(=O)=O)n1. The van der Waals surface area contributed by atoms with Gasteiger partial charge in [0.1, 0.15) is 5.82 Å². The van der Waals surface area contributed by atoms with Crippen molar-refractivity contribution < 1.29 is 13.2 Å². The zero-order valence-electron chi connectivity index (χ0n) is 15.6. The Labute approximate surface area is 159 Å². The van der Waals surface area contributed by atoms with Crippen molar-refractivity contribution in [2.75, 3.05) is 12.8 Å². The number of hydrogen-bond donors (Lipinski definition) is 1. The van der Waals surface area contributed by atoms with Gasteiger partial charge in [0.05, 0.1) is 23.6 Å². The highest BCUT2D eigenvalue weighted by Gasteiger charge is 2.34. The molecule has 1 atom stereocenters. The molecule has 0 unspecified atom stereocenters. The van der Waals surface area contributed by atoms with E-state index in [0.717, 1.165) is 18.4 Å². The maximum absolute atomic E-state index is 12.8. The average Bonchev–Trinajstić information content (AvgIpc) is 2.66. The van der Waals surface area contributed by atoms with Crippen LogP contribution >= 0.6 is 0 Å². The Kier molecular flexibility index (Phi) is 5.86. The first kappa shape index (κ1) is 19.4. The van der Waals surface area contributed by atoms with Gasteiger partial charge < -0.3 is 5.32 Å². The lowest BCUT2D eigenvalue weighted by Crippen LogP contribution is -2.39. The van der Waals surface area contributed by atoms with Gasteiger partial charge in [0.15, 0.2) is 0 Å². The summed E-state index contributed by atoms with van der Waals surface area (Å²) < 4.78 is 25.9. The van der Waals surface area contributed by atoms with E-state index in [2.05, 4.69) is 15.3 Å². The number of aryl methyl sites for hydroxylation is 1. The highest BCUT2D eigenvalue weighted by Crippen LogP contribution is 2.33. The third-order valence-electron chi connectivity index (χ3n) is 4.67. The van der Waals surface area contributed by atoms with E-state index in [-0.39, 0.29) is 5.91 Å². The Hall–Kier alpha value is -2.32. The minimum absolute atomic E-state index is 0.298. The van der Waals surface area contributed by atoms with Gasteiger partial charge in [-0.3, -0.25) is 4.79 Å². The van der Waals surface area contributed by atoms with Crippen LogP contribution in [-0.2, 0) is 16.6 Å². The molecule has 0 bridgehead atoms. The number of hydrogen-bond acceptors (Lipinski definition) is 5. The zero-order chi connectivity index (χ0) is 19.4. The minimum Gasteiger partial charge on any atom is -0.348 e. The first-order valence-electron chi connectivity index (χ1n) is 8.99. The lowest BCUT2D eigenvalue weighted by molar-refractivity contribution is 0.0946. The molecule has 1 aromatic heterocycles. The zero-order valence-corrected chi connectivity index (χ0v) is 16.4. The second-order valence-corrected chi connectivity index (χ2v) is 8.70. The van der Waals surface area contributed by atoms with Gasteiger partial charge in [-0.15, -0.1) is 0 Å². The Morgan fingerprint density at radius 3 is 2.70 bits per heavy atom. The maximum Gasteiger partial charge on any atom is 0.255 e. The van der Waals surface area contributed by atoms with Crippen LogP contribution in [0.15, 0.2) is 36.5 Å². The normalized spacial score (nSPS) is 18.2. The van der Waals surface area contributed by atoms with Crippen molar-refractivity contribution in [3.8, 4) is 0 Å². The molecular weight excluding hydrogens is 364 g/mol. The number of nitrogens with zero attached hydrogens (tertiary/aromatic N) is 3. The summed E-state index contributed by atoms with van der Waals surface area (Å²) in [5, 5.41) is 2.88. The quantitative estimate of drug-likeness (QED) is 0.848. The molecule has 2 heterocycles. The Balaban J connectivity index is 1.89. The van der Waals surface area contributed by atoms with Gasteiger partial charge in [0, 0.05) is 19.3 Å². The number of sulfonamides is 1. The molecule has 8 heteroatoms. The van der Waals surface area contributed by atoms with E-state index in [0.29, 0.717) is 36.6 Å². The van der Waals surface area contributed by atoms with Gasteiger partial charge >= 0.3 is 0 Å². The molecular formula is C19H24N4O3S. The van der Waals surface area contributed by atoms with Crippen molar-refractivity contribution in [3.63, 3.8) is 0 Å². The summed E-state index contributed by atoms with van der Waals surface area (Å²) in [6.45, 7) is 2.56. The van der Waals surface area contributed by atoms with Gasteiger partial charge in [-0.2, -0.15) is 4.31 Å². The predicted octanol–water partition coefficient (Wildman–Crippen LogP) is 2.20. The molecule has 1 saturated heterocycles. The van der Waals surface area contributed by atoms with E-state index in [1.807, 2.05) is 30.3 Å². The molecule has 27 heavy (non-hydrogen) atoms. The Morgan fingerprint density at radius 2 is 2.00 bits per heavy atom. The van der Waals surface area contributed by atoms with Crippen LogP contribution in [0.4, 0.5) is 0 Å². The number of amides is 1. The van der Waals surface area contributed by atoms with Crippen LogP contribution in [0.2, 0.25) is 0 Å². The molecule has 0 spiro atoms. The highest BCUT2D eigenvalue weighted by atomic mass is 32.2. The summed E-state index contributed by atoms with van der Waals surface area (Å²) in [6.07, 6.45) is 5.04. The molecule has 1 amide bonds. The number of carbonyl (C=O) groups excluding carboxylic acids is 1. The van der Waals surface area contributed by atoms with Crippen LogP contribution in [0.3, 0.4) is 0 Å². The van der Waals surface area contributed by atoms with Crippen LogP contribution in [-0.4, -0.2) is 41.4 Å². The number of nitrogens with one attached hydrogen (secondary N) is 1. The standard InChI is InChI=1S/C19H24N4O3S/c1-14-20-13-16(19(24)21-12-15-8-4-3-5-9-15)18(22-14)17-10-6-7-11-23(17)27(2,25)26/h3-5,8-9,13,17H,6-7,10-12H2,1-2H3,(H,21,24)/t17-/m0/s1. The van der Waals surface area contributed by atoms with Gasteiger partial charge in [0.25, 0.3) is 5.91 Å². The molecule has 1 fully saturated rings. The van der Waals surface area contributed by atoms with E-state index in [9.17, 15) is 13.2 Å². The molecule has 1 N–H and O–H groups in total. The van der Waals surface area contributed by atoms with Gasteiger partial charge in [-0.1, -0.05) is 36.8 Å². The van der Waals surface area contributed by atoms with E-state index in [1.54, 1.807) is 6.92 Å².